The molecule has 1 aliphatic rings. The number of aryl methyl sites for hydroxylation is 1. The first kappa shape index (κ1) is 18.9. The number of anilines is 1. The molecule has 7 nitrogen and oxygen atoms in total. The van der Waals surface area contributed by atoms with E-state index < -0.39 is 5.82 Å². The SMILES string of the molecule is Cc1ccc(C(=O)N2CCCN(c3cc(=O)n(C)c(=O)n3C)CC2)cc1F. The zero-order valence-electron chi connectivity index (χ0n) is 15.7. The van der Waals surface area contributed by atoms with Crippen molar-refractivity contribution in [3.8, 4) is 0 Å². The first-order valence-corrected chi connectivity index (χ1v) is 8.87. The van der Waals surface area contributed by atoms with Gasteiger partial charge in [-0.05, 0) is 31.0 Å². The van der Waals surface area contributed by atoms with Crippen molar-refractivity contribution < 1.29 is 9.18 Å². The Labute approximate surface area is 156 Å². The normalized spacial score (nSPS) is 15.0. The van der Waals surface area contributed by atoms with E-state index in [-0.39, 0.29) is 17.2 Å². The van der Waals surface area contributed by atoms with Gasteiger partial charge in [0, 0.05) is 51.9 Å². The van der Waals surface area contributed by atoms with Crippen molar-refractivity contribution in [2.24, 2.45) is 14.1 Å². The molecule has 1 fully saturated rings. The highest BCUT2D eigenvalue weighted by molar-refractivity contribution is 5.94. The maximum atomic E-state index is 13.8. The van der Waals surface area contributed by atoms with E-state index in [2.05, 4.69) is 0 Å². The van der Waals surface area contributed by atoms with E-state index in [9.17, 15) is 18.8 Å². The van der Waals surface area contributed by atoms with E-state index in [1.807, 2.05) is 4.90 Å². The predicted octanol–water partition coefficient (Wildman–Crippen LogP) is 0.884. The summed E-state index contributed by atoms with van der Waals surface area (Å²) >= 11 is 0. The molecular weight excluding hydrogens is 351 g/mol. The third-order valence-electron chi connectivity index (χ3n) is 5.03. The summed E-state index contributed by atoms with van der Waals surface area (Å²) in [4.78, 5) is 40.5. The Morgan fingerprint density at radius 3 is 2.44 bits per heavy atom. The van der Waals surface area contributed by atoms with Crippen LogP contribution in [-0.4, -0.2) is 46.1 Å². The molecule has 0 radical (unpaired) electrons. The third-order valence-corrected chi connectivity index (χ3v) is 5.03. The van der Waals surface area contributed by atoms with Gasteiger partial charge in [-0.25, -0.2) is 9.18 Å². The molecule has 1 saturated heterocycles. The van der Waals surface area contributed by atoms with Crippen molar-refractivity contribution in [3.63, 3.8) is 0 Å². The molecule has 1 aromatic heterocycles. The zero-order valence-corrected chi connectivity index (χ0v) is 15.7. The first-order valence-electron chi connectivity index (χ1n) is 8.87. The average molecular weight is 374 g/mol. The van der Waals surface area contributed by atoms with Gasteiger partial charge in [-0.1, -0.05) is 6.07 Å². The largest absolute Gasteiger partial charge is 0.356 e. The fraction of sp³-hybridized carbons (Fsp3) is 0.421. The lowest BCUT2D eigenvalue weighted by Gasteiger charge is -2.25. The molecule has 0 bridgehead atoms. The van der Waals surface area contributed by atoms with E-state index >= 15 is 0 Å². The van der Waals surface area contributed by atoms with Gasteiger partial charge in [-0.3, -0.25) is 18.7 Å². The summed E-state index contributed by atoms with van der Waals surface area (Å²) in [7, 11) is 3.07. The van der Waals surface area contributed by atoms with Crippen molar-refractivity contribution >= 4 is 11.7 Å². The molecule has 1 aliphatic heterocycles. The van der Waals surface area contributed by atoms with Crippen LogP contribution < -0.4 is 16.1 Å². The molecule has 0 spiro atoms. The van der Waals surface area contributed by atoms with Crippen molar-refractivity contribution in [2.45, 2.75) is 13.3 Å². The van der Waals surface area contributed by atoms with Crippen LogP contribution in [0, 0.1) is 12.7 Å². The Hall–Kier alpha value is -2.90. The van der Waals surface area contributed by atoms with Gasteiger partial charge in [0.25, 0.3) is 11.5 Å². The lowest BCUT2D eigenvalue weighted by Crippen LogP contribution is -2.41. The summed E-state index contributed by atoms with van der Waals surface area (Å²) in [6.45, 7) is 3.72. The number of carbonyl (C=O) groups is 1. The Morgan fingerprint density at radius 1 is 1.00 bits per heavy atom. The molecule has 27 heavy (non-hydrogen) atoms. The van der Waals surface area contributed by atoms with Crippen LogP contribution in [0.15, 0.2) is 33.9 Å². The van der Waals surface area contributed by atoms with E-state index in [4.69, 9.17) is 0 Å². The van der Waals surface area contributed by atoms with Crippen LogP contribution in [0.25, 0.3) is 0 Å². The molecular formula is C19H23FN4O3. The molecule has 2 heterocycles. The number of carbonyl (C=O) groups excluding carboxylic acids is 1. The van der Waals surface area contributed by atoms with Crippen LogP contribution in [0.3, 0.4) is 0 Å². The first-order chi connectivity index (χ1) is 12.8. The number of halogens is 1. The van der Waals surface area contributed by atoms with Crippen LogP contribution >= 0.6 is 0 Å². The quantitative estimate of drug-likeness (QED) is 0.783. The number of nitrogens with zero attached hydrogens (tertiary/aromatic N) is 4. The van der Waals surface area contributed by atoms with E-state index in [0.29, 0.717) is 49.5 Å². The van der Waals surface area contributed by atoms with Gasteiger partial charge in [0.2, 0.25) is 0 Å². The van der Waals surface area contributed by atoms with Crippen molar-refractivity contribution in [1.82, 2.24) is 14.0 Å². The molecule has 0 saturated carbocycles. The van der Waals surface area contributed by atoms with Crippen LogP contribution in [0.4, 0.5) is 10.2 Å². The molecule has 0 unspecified atom stereocenters. The van der Waals surface area contributed by atoms with Crippen LogP contribution in [0.2, 0.25) is 0 Å². The molecule has 0 atom stereocenters. The number of amides is 1. The molecule has 2 aromatic rings. The van der Waals surface area contributed by atoms with Gasteiger partial charge >= 0.3 is 5.69 Å². The monoisotopic (exact) mass is 374 g/mol. The number of hydrogen-bond donors (Lipinski definition) is 0. The van der Waals surface area contributed by atoms with Crippen molar-refractivity contribution in [2.75, 3.05) is 31.1 Å². The maximum absolute atomic E-state index is 13.8. The smallest absolute Gasteiger partial charge is 0.332 e. The summed E-state index contributed by atoms with van der Waals surface area (Å²) in [5, 5.41) is 0. The van der Waals surface area contributed by atoms with Gasteiger partial charge in [-0.15, -0.1) is 0 Å². The second kappa shape index (κ2) is 7.38. The fourth-order valence-electron chi connectivity index (χ4n) is 3.28. The van der Waals surface area contributed by atoms with Gasteiger partial charge in [-0.2, -0.15) is 0 Å². The minimum absolute atomic E-state index is 0.214. The lowest BCUT2D eigenvalue weighted by molar-refractivity contribution is 0.0766. The Bertz CT molecular complexity index is 995. The minimum atomic E-state index is -0.396. The molecule has 144 valence electrons. The topological polar surface area (TPSA) is 67.6 Å². The Balaban J connectivity index is 1.80. The number of aromatic nitrogens is 2. The molecule has 0 N–H and O–H groups in total. The summed E-state index contributed by atoms with van der Waals surface area (Å²) in [5.41, 5.74) is 0.0814. The van der Waals surface area contributed by atoms with Crippen molar-refractivity contribution in [1.29, 1.82) is 0 Å². The van der Waals surface area contributed by atoms with E-state index in [0.717, 1.165) is 4.57 Å². The highest BCUT2D eigenvalue weighted by Gasteiger charge is 2.22. The lowest BCUT2D eigenvalue weighted by atomic mass is 10.1. The number of hydrogen-bond acceptors (Lipinski definition) is 4. The molecule has 0 aliphatic carbocycles. The fourth-order valence-corrected chi connectivity index (χ4v) is 3.28. The summed E-state index contributed by atoms with van der Waals surface area (Å²) in [6, 6.07) is 5.94. The van der Waals surface area contributed by atoms with Gasteiger partial charge < -0.3 is 9.80 Å². The molecule has 3 rings (SSSR count). The average Bonchev–Trinajstić information content (AvgIpc) is 2.90. The second-order valence-corrected chi connectivity index (χ2v) is 6.84. The molecule has 1 amide bonds. The number of benzene rings is 1. The third kappa shape index (κ3) is 3.65. The summed E-state index contributed by atoms with van der Waals surface area (Å²) in [5.74, 6) is -0.0696. The second-order valence-electron chi connectivity index (χ2n) is 6.84. The summed E-state index contributed by atoms with van der Waals surface area (Å²) in [6.07, 6.45) is 0.684. The highest BCUT2D eigenvalue weighted by Crippen LogP contribution is 2.16. The van der Waals surface area contributed by atoms with Crippen LogP contribution in [0.1, 0.15) is 22.3 Å². The molecule has 1 aromatic carbocycles. The zero-order chi connectivity index (χ0) is 19.7. The minimum Gasteiger partial charge on any atom is -0.356 e. The maximum Gasteiger partial charge on any atom is 0.332 e. The van der Waals surface area contributed by atoms with Gasteiger partial charge in [0.05, 0.1) is 0 Å². The summed E-state index contributed by atoms with van der Waals surface area (Å²) < 4.78 is 16.3. The number of rotatable bonds is 2. The van der Waals surface area contributed by atoms with Crippen molar-refractivity contribution in [3.05, 3.63) is 62.0 Å². The molecule has 8 heteroatoms. The Morgan fingerprint density at radius 2 is 1.74 bits per heavy atom. The van der Waals surface area contributed by atoms with Crippen LogP contribution in [-0.2, 0) is 14.1 Å². The predicted molar refractivity (Wildman–Crippen MR) is 101 cm³/mol. The van der Waals surface area contributed by atoms with Crippen LogP contribution in [0.5, 0.6) is 0 Å². The standard InChI is InChI=1S/C19H23FN4O3/c1-13-5-6-14(11-15(13)20)18(26)24-8-4-7-23(9-10-24)16-12-17(25)22(3)19(27)21(16)2/h5-6,11-12H,4,7-10H2,1-3H3. The van der Waals surface area contributed by atoms with E-state index in [1.54, 1.807) is 31.0 Å². The van der Waals surface area contributed by atoms with Gasteiger partial charge in [0.1, 0.15) is 11.6 Å². The Kier molecular flexibility index (Phi) is 5.16. The van der Waals surface area contributed by atoms with Gasteiger partial charge in [0.15, 0.2) is 0 Å². The highest BCUT2D eigenvalue weighted by atomic mass is 19.1. The van der Waals surface area contributed by atoms with E-state index in [1.165, 1.54) is 23.7 Å².